The van der Waals surface area contributed by atoms with Crippen LogP contribution in [0.2, 0.25) is 0 Å². The van der Waals surface area contributed by atoms with Crippen LogP contribution in [-0.4, -0.2) is 23.4 Å². The lowest BCUT2D eigenvalue weighted by atomic mass is 10.1. The molecule has 1 aliphatic rings. The van der Waals surface area contributed by atoms with Crippen molar-refractivity contribution < 1.29 is 14.3 Å². The van der Waals surface area contributed by atoms with Crippen molar-refractivity contribution in [3.63, 3.8) is 0 Å². The maximum Gasteiger partial charge on any atom is 0.329 e. The Hall–Kier alpha value is -2.39. The van der Waals surface area contributed by atoms with Crippen molar-refractivity contribution in [3.8, 4) is 11.8 Å². The average Bonchev–Trinajstić information content (AvgIpc) is 2.95. The number of rotatable bonds is 6. The fourth-order valence-corrected chi connectivity index (χ4v) is 4.81. The first kappa shape index (κ1) is 21.3. The summed E-state index contributed by atoms with van der Waals surface area (Å²) in [4.78, 5) is 25.6. The van der Waals surface area contributed by atoms with Gasteiger partial charge in [-0.3, -0.25) is 9.69 Å². The minimum absolute atomic E-state index is 0.139. The van der Waals surface area contributed by atoms with Gasteiger partial charge in [-0.25, -0.2) is 4.79 Å². The van der Waals surface area contributed by atoms with E-state index in [1.165, 1.54) is 6.08 Å². The Balaban J connectivity index is 1.94. The number of ether oxygens (including phenoxy) is 1. The van der Waals surface area contributed by atoms with Gasteiger partial charge >= 0.3 is 6.03 Å². The third-order valence-electron chi connectivity index (χ3n) is 4.12. The van der Waals surface area contributed by atoms with Gasteiger partial charge in [0, 0.05) is 21.2 Å². The number of hydrogen-bond donors (Lipinski definition) is 1. The predicted octanol–water partition coefficient (Wildman–Crippen LogP) is 4.43. The summed E-state index contributed by atoms with van der Waals surface area (Å²) in [7, 11) is 0. The number of carbonyl (C=O) groups is 2. The molecule has 2 aromatic rings. The first-order valence-electron chi connectivity index (χ1n) is 8.50. The number of nitrogens with zero attached hydrogens (tertiary/aromatic N) is 2. The molecule has 0 unspecified atom stereocenters. The molecule has 0 bridgehead atoms. The molecule has 0 radical (unpaired) electrons. The fraction of sp³-hybridized carbons (Fsp3) is 0.0952. The van der Waals surface area contributed by atoms with Gasteiger partial charge in [-0.15, -0.1) is 6.58 Å². The lowest BCUT2D eigenvalue weighted by molar-refractivity contribution is -0.122. The molecule has 8 heteroatoms. The fourth-order valence-electron chi connectivity index (χ4n) is 2.77. The number of amides is 3. The van der Waals surface area contributed by atoms with Crippen molar-refractivity contribution in [2.45, 2.75) is 6.61 Å². The van der Waals surface area contributed by atoms with E-state index in [4.69, 9.17) is 4.74 Å². The molecule has 1 heterocycles. The van der Waals surface area contributed by atoms with Gasteiger partial charge in [-0.2, -0.15) is 5.26 Å². The van der Waals surface area contributed by atoms with Crippen molar-refractivity contribution in [1.82, 2.24) is 10.2 Å². The standard InChI is InChI=1S/C21H15I2N3O3/c1-2-7-26-20(27)18(25-21(26)28)9-15-8-16(22)10-17(23)19(15)29-12-14-6-4-3-5-13(14)11-24/h2-6,8-10H,1,7,12H2,(H,25,28)/b18-9+. The zero-order valence-electron chi connectivity index (χ0n) is 15.1. The van der Waals surface area contributed by atoms with Gasteiger partial charge in [0.05, 0.1) is 15.2 Å². The number of urea groups is 1. The van der Waals surface area contributed by atoms with Crippen molar-refractivity contribution in [3.05, 3.63) is 78.6 Å². The second-order valence-electron chi connectivity index (χ2n) is 6.06. The Kier molecular flexibility index (Phi) is 6.92. The van der Waals surface area contributed by atoms with E-state index in [0.717, 1.165) is 17.6 Å². The van der Waals surface area contributed by atoms with Gasteiger partial charge in [0.15, 0.2) is 0 Å². The Morgan fingerprint density at radius 3 is 2.72 bits per heavy atom. The van der Waals surface area contributed by atoms with Crippen LogP contribution in [0.4, 0.5) is 4.79 Å². The molecule has 1 saturated heterocycles. The molecule has 1 fully saturated rings. The van der Waals surface area contributed by atoms with E-state index < -0.39 is 11.9 Å². The molecule has 2 aromatic carbocycles. The number of carbonyl (C=O) groups excluding carboxylic acids is 2. The molecule has 1 aliphatic heterocycles. The van der Waals surface area contributed by atoms with Crippen LogP contribution in [0.3, 0.4) is 0 Å². The van der Waals surface area contributed by atoms with E-state index >= 15 is 0 Å². The molecule has 1 N–H and O–H groups in total. The maximum atomic E-state index is 12.5. The summed E-state index contributed by atoms with van der Waals surface area (Å²) in [5.74, 6) is 0.167. The first-order valence-corrected chi connectivity index (χ1v) is 10.7. The van der Waals surface area contributed by atoms with Gasteiger partial charge in [0.2, 0.25) is 0 Å². The van der Waals surface area contributed by atoms with Crippen LogP contribution < -0.4 is 10.1 Å². The molecule has 3 rings (SSSR count). The van der Waals surface area contributed by atoms with Crippen LogP contribution in [0, 0.1) is 18.5 Å². The molecule has 0 saturated carbocycles. The number of imide groups is 1. The van der Waals surface area contributed by atoms with E-state index in [1.54, 1.807) is 18.2 Å². The van der Waals surface area contributed by atoms with Crippen molar-refractivity contribution in [2.24, 2.45) is 0 Å². The van der Waals surface area contributed by atoms with Gasteiger partial charge in [0.25, 0.3) is 5.91 Å². The van der Waals surface area contributed by atoms with Crippen LogP contribution in [0.1, 0.15) is 16.7 Å². The molecular formula is C21H15I2N3O3. The third-order valence-corrected chi connectivity index (χ3v) is 5.54. The SMILES string of the molecule is C=CCN1C(=O)N/C(=C/c2cc(I)cc(I)c2OCc2ccccc2C#N)C1=O. The summed E-state index contributed by atoms with van der Waals surface area (Å²) in [5.41, 5.74) is 2.16. The minimum Gasteiger partial charge on any atom is -0.487 e. The van der Waals surface area contributed by atoms with Crippen LogP contribution in [0.25, 0.3) is 6.08 Å². The van der Waals surface area contributed by atoms with E-state index in [-0.39, 0.29) is 18.8 Å². The van der Waals surface area contributed by atoms with Gasteiger partial charge in [-0.1, -0.05) is 24.3 Å². The normalized spacial score (nSPS) is 14.7. The molecule has 0 aliphatic carbocycles. The molecule has 0 atom stereocenters. The Morgan fingerprint density at radius 1 is 1.24 bits per heavy atom. The summed E-state index contributed by atoms with van der Waals surface area (Å²) in [5, 5.41) is 11.9. The summed E-state index contributed by atoms with van der Waals surface area (Å²) in [6.07, 6.45) is 3.11. The largest absolute Gasteiger partial charge is 0.487 e. The average molecular weight is 611 g/mol. The van der Waals surface area contributed by atoms with Crippen LogP contribution in [0.5, 0.6) is 5.75 Å². The Bertz CT molecular complexity index is 1070. The topological polar surface area (TPSA) is 82.4 Å². The van der Waals surface area contributed by atoms with Crippen LogP contribution >= 0.6 is 45.2 Å². The molecule has 0 spiro atoms. The Morgan fingerprint density at radius 2 is 2.00 bits per heavy atom. The zero-order valence-corrected chi connectivity index (χ0v) is 19.4. The van der Waals surface area contributed by atoms with E-state index in [2.05, 4.69) is 63.1 Å². The Labute approximate surface area is 195 Å². The van der Waals surface area contributed by atoms with E-state index in [9.17, 15) is 14.9 Å². The highest BCUT2D eigenvalue weighted by atomic mass is 127. The number of nitrogens with one attached hydrogen (secondary N) is 1. The molecule has 6 nitrogen and oxygen atoms in total. The highest BCUT2D eigenvalue weighted by Gasteiger charge is 2.32. The highest BCUT2D eigenvalue weighted by molar-refractivity contribution is 14.1. The van der Waals surface area contributed by atoms with E-state index in [0.29, 0.717) is 16.9 Å². The quantitative estimate of drug-likeness (QED) is 0.227. The highest BCUT2D eigenvalue weighted by Crippen LogP contribution is 2.31. The van der Waals surface area contributed by atoms with Crippen LogP contribution in [-0.2, 0) is 11.4 Å². The molecule has 3 amide bonds. The molecular weight excluding hydrogens is 596 g/mol. The second kappa shape index (κ2) is 9.41. The van der Waals surface area contributed by atoms with Gasteiger partial charge in [-0.05, 0) is 69.5 Å². The van der Waals surface area contributed by atoms with E-state index in [1.807, 2.05) is 24.3 Å². The number of hydrogen-bond acceptors (Lipinski definition) is 4. The zero-order chi connectivity index (χ0) is 21.0. The van der Waals surface area contributed by atoms with Crippen molar-refractivity contribution in [2.75, 3.05) is 6.54 Å². The number of halogens is 2. The monoisotopic (exact) mass is 611 g/mol. The molecule has 29 heavy (non-hydrogen) atoms. The summed E-state index contributed by atoms with van der Waals surface area (Å²) in [6.45, 7) is 3.92. The van der Waals surface area contributed by atoms with Gasteiger partial charge < -0.3 is 10.1 Å². The number of benzene rings is 2. The summed E-state index contributed by atoms with van der Waals surface area (Å²) in [6, 6.07) is 12.7. The second-order valence-corrected chi connectivity index (χ2v) is 8.46. The lowest BCUT2D eigenvalue weighted by Crippen LogP contribution is -2.30. The smallest absolute Gasteiger partial charge is 0.329 e. The van der Waals surface area contributed by atoms with Gasteiger partial charge in [0.1, 0.15) is 18.1 Å². The minimum atomic E-state index is -0.480. The molecule has 0 aromatic heterocycles. The molecule has 146 valence electrons. The maximum absolute atomic E-state index is 12.5. The number of nitriles is 1. The van der Waals surface area contributed by atoms with Crippen molar-refractivity contribution in [1.29, 1.82) is 5.26 Å². The predicted molar refractivity (Wildman–Crippen MR) is 126 cm³/mol. The third kappa shape index (κ3) is 4.79. The van der Waals surface area contributed by atoms with Crippen LogP contribution in [0.15, 0.2) is 54.8 Å². The summed E-state index contributed by atoms with van der Waals surface area (Å²) < 4.78 is 7.86. The lowest BCUT2D eigenvalue weighted by Gasteiger charge is -2.13. The first-order chi connectivity index (χ1) is 13.9. The van der Waals surface area contributed by atoms with Crippen molar-refractivity contribution >= 4 is 63.2 Å². The summed E-state index contributed by atoms with van der Waals surface area (Å²) >= 11 is 4.35.